The molecule has 1 saturated heterocycles. The van der Waals surface area contributed by atoms with Gasteiger partial charge in [-0.05, 0) is 54.9 Å². The molecule has 0 spiro atoms. The Morgan fingerprint density at radius 1 is 1.14 bits per heavy atom. The number of amidine groups is 1. The largest absolute Gasteiger partial charge is 0.457 e. The zero-order chi connectivity index (χ0) is 20.8. The van der Waals surface area contributed by atoms with Gasteiger partial charge in [-0.15, -0.1) is 0 Å². The Kier molecular flexibility index (Phi) is 7.87. The van der Waals surface area contributed by atoms with Crippen LogP contribution in [-0.2, 0) is 4.79 Å². The highest BCUT2D eigenvalue weighted by Crippen LogP contribution is 2.35. The SMILES string of the molecule is CCCCN=C1SC(=Cc2ccc(-c3cc(Cl)ccc3Cl)o2)C(=O)N1CCCC. The van der Waals surface area contributed by atoms with Crippen LogP contribution in [0, 0.1) is 0 Å². The maximum absolute atomic E-state index is 12.9. The minimum atomic E-state index is -0.0163. The molecule has 29 heavy (non-hydrogen) atoms. The Hall–Kier alpha value is -1.69. The molecule has 1 aliphatic heterocycles. The number of unbranched alkanes of at least 4 members (excludes halogenated alkanes) is 2. The van der Waals surface area contributed by atoms with Gasteiger partial charge in [-0.1, -0.05) is 49.9 Å². The van der Waals surface area contributed by atoms with Crippen molar-refractivity contribution in [2.24, 2.45) is 4.99 Å². The second-order valence-electron chi connectivity index (χ2n) is 6.77. The number of aliphatic imine (C=N–C) groups is 1. The van der Waals surface area contributed by atoms with Gasteiger partial charge in [0.05, 0.1) is 9.93 Å². The predicted octanol–water partition coefficient (Wildman–Crippen LogP) is 7.13. The molecule has 2 aromatic rings. The van der Waals surface area contributed by atoms with Gasteiger partial charge in [-0.25, -0.2) is 0 Å². The van der Waals surface area contributed by atoms with Crippen molar-refractivity contribution in [3.8, 4) is 11.3 Å². The molecule has 0 unspecified atom stereocenters. The lowest BCUT2D eigenvalue weighted by molar-refractivity contribution is -0.122. The molecule has 154 valence electrons. The molecule has 0 radical (unpaired) electrons. The zero-order valence-electron chi connectivity index (χ0n) is 16.6. The summed E-state index contributed by atoms with van der Waals surface area (Å²) in [5.74, 6) is 1.19. The Bertz CT molecular complexity index is 937. The van der Waals surface area contributed by atoms with Crippen molar-refractivity contribution < 1.29 is 9.21 Å². The Morgan fingerprint density at radius 2 is 1.93 bits per heavy atom. The molecule has 0 bridgehead atoms. The van der Waals surface area contributed by atoms with E-state index in [1.165, 1.54) is 11.8 Å². The maximum Gasteiger partial charge on any atom is 0.266 e. The van der Waals surface area contributed by atoms with E-state index in [-0.39, 0.29) is 5.91 Å². The second-order valence-corrected chi connectivity index (χ2v) is 8.62. The topological polar surface area (TPSA) is 45.8 Å². The highest BCUT2D eigenvalue weighted by Gasteiger charge is 2.33. The van der Waals surface area contributed by atoms with Gasteiger partial charge < -0.3 is 4.42 Å². The van der Waals surface area contributed by atoms with Crippen molar-refractivity contribution in [3.05, 3.63) is 51.0 Å². The van der Waals surface area contributed by atoms with Crippen molar-refractivity contribution in [2.45, 2.75) is 39.5 Å². The fourth-order valence-electron chi connectivity index (χ4n) is 2.86. The first-order chi connectivity index (χ1) is 14.0. The molecule has 0 aliphatic carbocycles. The van der Waals surface area contributed by atoms with Crippen molar-refractivity contribution in [2.75, 3.05) is 13.1 Å². The standard InChI is InChI=1S/C22H24Cl2N2O2S/c1-3-5-11-25-22-26(12-6-4-2)21(27)20(29-22)14-16-8-10-19(28-16)17-13-15(23)7-9-18(17)24/h7-10,13-14H,3-6,11-12H2,1-2H3. The average Bonchev–Trinajstić information content (AvgIpc) is 3.28. The number of carbonyl (C=O) groups excluding carboxylic acids is 1. The van der Waals surface area contributed by atoms with E-state index in [1.54, 1.807) is 29.2 Å². The molecule has 0 saturated carbocycles. The van der Waals surface area contributed by atoms with Gasteiger partial charge in [0.2, 0.25) is 0 Å². The molecule has 7 heteroatoms. The molecule has 0 N–H and O–H groups in total. The lowest BCUT2D eigenvalue weighted by Gasteiger charge is -2.14. The number of hydrogen-bond donors (Lipinski definition) is 0. The maximum atomic E-state index is 12.9. The summed E-state index contributed by atoms with van der Waals surface area (Å²) in [6.45, 7) is 5.67. The van der Waals surface area contributed by atoms with Crippen LogP contribution in [0.25, 0.3) is 17.4 Å². The van der Waals surface area contributed by atoms with Gasteiger partial charge in [0.1, 0.15) is 11.5 Å². The number of amides is 1. The van der Waals surface area contributed by atoms with Crippen molar-refractivity contribution >= 4 is 52.1 Å². The minimum Gasteiger partial charge on any atom is -0.457 e. The third-order valence-electron chi connectivity index (χ3n) is 4.48. The summed E-state index contributed by atoms with van der Waals surface area (Å²) in [7, 11) is 0. The van der Waals surface area contributed by atoms with E-state index in [4.69, 9.17) is 27.6 Å². The van der Waals surface area contributed by atoms with Gasteiger partial charge in [-0.2, -0.15) is 0 Å². The van der Waals surface area contributed by atoms with E-state index in [0.29, 0.717) is 33.0 Å². The Labute approximate surface area is 186 Å². The zero-order valence-corrected chi connectivity index (χ0v) is 18.9. The lowest BCUT2D eigenvalue weighted by atomic mass is 10.2. The van der Waals surface area contributed by atoms with Crippen LogP contribution >= 0.6 is 35.0 Å². The fraction of sp³-hybridized carbons (Fsp3) is 0.364. The van der Waals surface area contributed by atoms with Crippen molar-refractivity contribution in [3.63, 3.8) is 0 Å². The molecule has 1 aliphatic rings. The summed E-state index contributed by atoms with van der Waals surface area (Å²) >= 11 is 13.8. The summed E-state index contributed by atoms with van der Waals surface area (Å²) in [5.41, 5.74) is 0.723. The normalized spacial score (nSPS) is 17.1. The first kappa shape index (κ1) is 22.0. The monoisotopic (exact) mass is 450 g/mol. The Morgan fingerprint density at radius 3 is 2.69 bits per heavy atom. The number of benzene rings is 1. The second kappa shape index (κ2) is 10.4. The first-order valence-electron chi connectivity index (χ1n) is 9.84. The molecule has 4 nitrogen and oxygen atoms in total. The third kappa shape index (κ3) is 5.47. The molecule has 1 aromatic carbocycles. The quantitative estimate of drug-likeness (QED) is 0.317. The van der Waals surface area contributed by atoms with Gasteiger partial charge in [0.15, 0.2) is 5.17 Å². The lowest BCUT2D eigenvalue weighted by Crippen LogP contribution is -2.30. The highest BCUT2D eigenvalue weighted by atomic mass is 35.5. The van der Waals surface area contributed by atoms with Crippen molar-refractivity contribution in [1.29, 1.82) is 0 Å². The van der Waals surface area contributed by atoms with E-state index in [2.05, 4.69) is 18.8 Å². The summed E-state index contributed by atoms with van der Waals surface area (Å²) in [4.78, 5) is 20.0. The molecule has 0 atom stereocenters. The molecular weight excluding hydrogens is 427 g/mol. The van der Waals surface area contributed by atoms with Crippen LogP contribution in [0.5, 0.6) is 0 Å². The number of hydrogen-bond acceptors (Lipinski definition) is 4. The number of nitrogens with zero attached hydrogens (tertiary/aromatic N) is 2. The fourth-order valence-corrected chi connectivity index (χ4v) is 4.26. The van der Waals surface area contributed by atoms with E-state index >= 15 is 0 Å². The van der Waals surface area contributed by atoms with Gasteiger partial charge in [0, 0.05) is 29.8 Å². The van der Waals surface area contributed by atoms with E-state index in [9.17, 15) is 4.79 Å². The van der Waals surface area contributed by atoms with Crippen LogP contribution in [0.3, 0.4) is 0 Å². The predicted molar refractivity (Wildman–Crippen MR) is 124 cm³/mol. The van der Waals surface area contributed by atoms with Crippen LogP contribution in [0.4, 0.5) is 0 Å². The van der Waals surface area contributed by atoms with Gasteiger partial charge >= 0.3 is 0 Å². The summed E-state index contributed by atoms with van der Waals surface area (Å²) in [6, 6.07) is 8.90. The first-order valence-corrected chi connectivity index (χ1v) is 11.4. The summed E-state index contributed by atoms with van der Waals surface area (Å²) in [5, 5.41) is 1.93. The molecule has 1 fully saturated rings. The molecule has 1 amide bonds. The van der Waals surface area contributed by atoms with Crippen LogP contribution in [0.1, 0.15) is 45.3 Å². The molecule has 3 rings (SSSR count). The van der Waals surface area contributed by atoms with Gasteiger partial charge in [0.25, 0.3) is 5.91 Å². The van der Waals surface area contributed by atoms with Crippen LogP contribution < -0.4 is 0 Å². The van der Waals surface area contributed by atoms with E-state index < -0.39 is 0 Å². The third-order valence-corrected chi connectivity index (χ3v) is 6.09. The number of rotatable bonds is 8. The van der Waals surface area contributed by atoms with Crippen LogP contribution in [0.2, 0.25) is 10.0 Å². The van der Waals surface area contributed by atoms with E-state index in [1.807, 2.05) is 12.1 Å². The Balaban J connectivity index is 1.84. The molecule has 1 aromatic heterocycles. The number of thioether (sulfide) groups is 1. The minimum absolute atomic E-state index is 0.0163. The number of furan rings is 1. The number of carbonyl (C=O) groups is 1. The van der Waals surface area contributed by atoms with Crippen molar-refractivity contribution in [1.82, 2.24) is 4.90 Å². The summed E-state index contributed by atoms with van der Waals surface area (Å²) < 4.78 is 5.92. The average molecular weight is 451 g/mol. The number of halogens is 2. The van der Waals surface area contributed by atoms with Crippen LogP contribution in [-0.4, -0.2) is 29.1 Å². The van der Waals surface area contributed by atoms with Gasteiger partial charge in [-0.3, -0.25) is 14.7 Å². The summed E-state index contributed by atoms with van der Waals surface area (Å²) in [6.07, 6.45) is 5.84. The smallest absolute Gasteiger partial charge is 0.266 e. The van der Waals surface area contributed by atoms with E-state index in [0.717, 1.165) is 43.0 Å². The van der Waals surface area contributed by atoms with Crippen LogP contribution in [0.15, 0.2) is 44.6 Å². The highest BCUT2D eigenvalue weighted by molar-refractivity contribution is 8.18. The molecular formula is C22H24Cl2N2O2S. The molecule has 2 heterocycles.